The van der Waals surface area contributed by atoms with Crippen LogP contribution in [-0.2, 0) is 0 Å². The molecule has 0 saturated carbocycles. The second kappa shape index (κ2) is 5.49. The molecular weight excluding hydrogens is 282 g/mol. The molecule has 0 aliphatic carbocycles. The molecule has 6 heteroatoms. The van der Waals surface area contributed by atoms with Gasteiger partial charge in [0, 0.05) is 18.9 Å². The zero-order valence-electron chi connectivity index (χ0n) is 11.8. The van der Waals surface area contributed by atoms with Crippen molar-refractivity contribution in [2.45, 2.75) is 6.92 Å². The van der Waals surface area contributed by atoms with Crippen molar-refractivity contribution in [3.05, 3.63) is 48.3 Å². The number of thiazole rings is 1. The Labute approximate surface area is 127 Å². The maximum atomic E-state index is 5.66. The first-order valence-corrected chi connectivity index (χ1v) is 7.32. The summed E-state index contributed by atoms with van der Waals surface area (Å²) in [7, 11) is 2.01. The van der Waals surface area contributed by atoms with Crippen LogP contribution in [0.4, 0.5) is 16.8 Å². The molecule has 0 bridgehead atoms. The maximum Gasteiger partial charge on any atom is 0.220 e. The number of para-hydroxylation sites is 1. The molecule has 0 aliphatic rings. The number of anilines is 3. The van der Waals surface area contributed by atoms with Crippen molar-refractivity contribution in [2.75, 3.05) is 17.7 Å². The highest BCUT2D eigenvalue weighted by Gasteiger charge is 2.15. The molecular formula is C15H15N5S. The van der Waals surface area contributed by atoms with Crippen LogP contribution in [0.3, 0.4) is 0 Å². The topological polar surface area (TPSA) is 67.9 Å². The summed E-state index contributed by atoms with van der Waals surface area (Å²) in [5.41, 5.74) is 8.50. The molecule has 21 heavy (non-hydrogen) atoms. The smallest absolute Gasteiger partial charge is 0.220 e. The van der Waals surface area contributed by atoms with Gasteiger partial charge in [-0.05, 0) is 25.1 Å². The van der Waals surface area contributed by atoms with Crippen molar-refractivity contribution in [3.8, 4) is 10.6 Å². The number of hydrogen-bond acceptors (Lipinski definition) is 6. The molecule has 0 aliphatic heterocycles. The molecule has 1 aromatic carbocycles. The summed E-state index contributed by atoms with van der Waals surface area (Å²) in [5, 5.41) is 0.922. The van der Waals surface area contributed by atoms with Gasteiger partial charge < -0.3 is 10.6 Å². The van der Waals surface area contributed by atoms with E-state index in [1.807, 2.05) is 38.2 Å². The third-order valence-electron chi connectivity index (χ3n) is 3.12. The van der Waals surface area contributed by atoms with Crippen molar-refractivity contribution in [1.29, 1.82) is 0 Å². The predicted octanol–water partition coefficient (Wildman–Crippen LogP) is 3.26. The minimum atomic E-state index is 0.276. The molecule has 0 fully saturated rings. The minimum absolute atomic E-state index is 0.276. The molecule has 0 amide bonds. The lowest BCUT2D eigenvalue weighted by atomic mass is 10.3. The average Bonchev–Trinajstić information content (AvgIpc) is 2.89. The Morgan fingerprint density at radius 2 is 1.86 bits per heavy atom. The first-order chi connectivity index (χ1) is 10.1. The summed E-state index contributed by atoms with van der Waals surface area (Å²) >= 11 is 1.59. The molecule has 0 spiro atoms. The number of rotatable bonds is 3. The fraction of sp³-hybridized carbons (Fsp3) is 0.133. The highest BCUT2D eigenvalue weighted by molar-refractivity contribution is 7.19. The predicted molar refractivity (Wildman–Crippen MR) is 86.8 cm³/mol. The van der Waals surface area contributed by atoms with Crippen LogP contribution in [0.25, 0.3) is 10.6 Å². The van der Waals surface area contributed by atoms with E-state index in [9.17, 15) is 0 Å². The van der Waals surface area contributed by atoms with Gasteiger partial charge in [0.15, 0.2) is 5.13 Å². The van der Waals surface area contributed by atoms with Crippen LogP contribution in [0.5, 0.6) is 0 Å². The molecule has 0 radical (unpaired) electrons. The van der Waals surface area contributed by atoms with E-state index in [0.717, 1.165) is 27.1 Å². The van der Waals surface area contributed by atoms with Gasteiger partial charge in [-0.25, -0.2) is 15.0 Å². The molecule has 2 N–H and O–H groups in total. The Kier molecular flexibility index (Phi) is 3.53. The highest BCUT2D eigenvalue weighted by Crippen LogP contribution is 2.35. The normalized spacial score (nSPS) is 10.6. The van der Waals surface area contributed by atoms with Gasteiger partial charge >= 0.3 is 0 Å². The van der Waals surface area contributed by atoms with Gasteiger partial charge in [-0.15, -0.1) is 0 Å². The highest BCUT2D eigenvalue weighted by atomic mass is 32.1. The van der Waals surface area contributed by atoms with Crippen molar-refractivity contribution < 1.29 is 0 Å². The van der Waals surface area contributed by atoms with Gasteiger partial charge in [0.25, 0.3) is 0 Å². The second-order valence-electron chi connectivity index (χ2n) is 4.61. The quantitative estimate of drug-likeness (QED) is 0.803. The van der Waals surface area contributed by atoms with Crippen LogP contribution in [0.15, 0.2) is 42.6 Å². The van der Waals surface area contributed by atoms with E-state index in [2.05, 4.69) is 32.0 Å². The largest absolute Gasteiger partial charge is 0.368 e. The number of benzene rings is 1. The van der Waals surface area contributed by atoms with E-state index in [1.54, 1.807) is 17.5 Å². The van der Waals surface area contributed by atoms with Crippen LogP contribution in [0.2, 0.25) is 0 Å². The van der Waals surface area contributed by atoms with Crippen LogP contribution >= 0.6 is 11.3 Å². The summed E-state index contributed by atoms with van der Waals surface area (Å²) < 4.78 is 0. The molecule has 0 unspecified atom stereocenters. The summed E-state index contributed by atoms with van der Waals surface area (Å²) in [5.74, 6) is 0.276. The molecule has 2 heterocycles. The molecule has 106 valence electrons. The van der Waals surface area contributed by atoms with E-state index in [4.69, 9.17) is 5.73 Å². The summed E-state index contributed by atoms with van der Waals surface area (Å²) in [6, 6.07) is 12.0. The van der Waals surface area contributed by atoms with Crippen molar-refractivity contribution in [3.63, 3.8) is 0 Å². The van der Waals surface area contributed by atoms with Gasteiger partial charge in [-0.3, -0.25) is 0 Å². The molecule has 0 saturated heterocycles. The first-order valence-electron chi connectivity index (χ1n) is 6.50. The lowest BCUT2D eigenvalue weighted by molar-refractivity contribution is 1.14. The van der Waals surface area contributed by atoms with E-state index in [-0.39, 0.29) is 5.95 Å². The SMILES string of the molecule is Cc1nc(N(C)c2ccccc2)sc1-c1ccnc(N)n1. The molecule has 2 aromatic heterocycles. The Hall–Kier alpha value is -2.47. The maximum absolute atomic E-state index is 5.66. The Balaban J connectivity index is 1.98. The lowest BCUT2D eigenvalue weighted by Gasteiger charge is -2.15. The minimum Gasteiger partial charge on any atom is -0.368 e. The third-order valence-corrected chi connectivity index (χ3v) is 4.38. The van der Waals surface area contributed by atoms with E-state index in [0.29, 0.717) is 0 Å². The van der Waals surface area contributed by atoms with Crippen molar-refractivity contribution in [1.82, 2.24) is 15.0 Å². The molecule has 3 aromatic rings. The van der Waals surface area contributed by atoms with Gasteiger partial charge in [0.1, 0.15) is 0 Å². The van der Waals surface area contributed by atoms with Crippen LogP contribution < -0.4 is 10.6 Å². The Morgan fingerprint density at radius 1 is 1.10 bits per heavy atom. The Morgan fingerprint density at radius 3 is 2.57 bits per heavy atom. The Bertz CT molecular complexity index is 754. The summed E-state index contributed by atoms with van der Waals surface area (Å²) in [6.07, 6.45) is 1.66. The van der Waals surface area contributed by atoms with Crippen molar-refractivity contribution >= 4 is 28.1 Å². The summed E-state index contributed by atoms with van der Waals surface area (Å²) in [6.45, 7) is 1.98. The van der Waals surface area contributed by atoms with Crippen molar-refractivity contribution in [2.24, 2.45) is 0 Å². The zero-order valence-corrected chi connectivity index (χ0v) is 12.6. The molecule has 3 rings (SSSR count). The zero-order chi connectivity index (χ0) is 14.8. The fourth-order valence-electron chi connectivity index (χ4n) is 2.03. The monoisotopic (exact) mass is 297 g/mol. The third kappa shape index (κ3) is 2.71. The van der Waals surface area contributed by atoms with Gasteiger partial charge in [-0.2, -0.15) is 0 Å². The number of aryl methyl sites for hydroxylation is 1. The van der Waals surface area contributed by atoms with Gasteiger partial charge in [0.05, 0.1) is 16.3 Å². The lowest BCUT2D eigenvalue weighted by Crippen LogP contribution is -2.08. The number of nitrogens with zero attached hydrogens (tertiary/aromatic N) is 4. The van der Waals surface area contributed by atoms with Crippen LogP contribution in [0.1, 0.15) is 5.69 Å². The molecule has 0 atom stereocenters. The van der Waals surface area contributed by atoms with Crippen LogP contribution in [0, 0.1) is 6.92 Å². The standard InChI is InChI=1S/C15H15N5S/c1-10-13(12-8-9-17-14(16)19-12)21-15(18-10)20(2)11-6-4-3-5-7-11/h3-9H,1-2H3,(H2,16,17,19). The van der Waals surface area contributed by atoms with E-state index < -0.39 is 0 Å². The number of hydrogen-bond donors (Lipinski definition) is 1. The van der Waals surface area contributed by atoms with Gasteiger partial charge in [0.2, 0.25) is 5.95 Å². The number of nitrogens with two attached hydrogens (primary N) is 1. The first kappa shape index (κ1) is 13.5. The average molecular weight is 297 g/mol. The van der Waals surface area contributed by atoms with E-state index >= 15 is 0 Å². The number of nitrogen functional groups attached to an aromatic ring is 1. The van der Waals surface area contributed by atoms with E-state index in [1.165, 1.54) is 0 Å². The fourth-order valence-corrected chi connectivity index (χ4v) is 3.04. The second-order valence-corrected chi connectivity index (χ2v) is 5.58. The van der Waals surface area contributed by atoms with Crippen LogP contribution in [-0.4, -0.2) is 22.0 Å². The number of aromatic nitrogens is 3. The van der Waals surface area contributed by atoms with Gasteiger partial charge in [-0.1, -0.05) is 29.5 Å². The molecule has 5 nitrogen and oxygen atoms in total. The summed E-state index contributed by atoms with van der Waals surface area (Å²) in [4.78, 5) is 15.9.